The van der Waals surface area contributed by atoms with Crippen LogP contribution in [0, 0.1) is 5.92 Å². The van der Waals surface area contributed by atoms with Crippen molar-refractivity contribution in [2.24, 2.45) is 10.9 Å². The molecule has 25 heavy (non-hydrogen) atoms. The number of fused-ring (bicyclic) bond motifs is 2. The second kappa shape index (κ2) is 6.23. The molecule has 4 heteroatoms. The predicted molar refractivity (Wildman–Crippen MR) is 106 cm³/mol. The van der Waals surface area contributed by atoms with Gasteiger partial charge in [0.1, 0.15) is 5.84 Å². The van der Waals surface area contributed by atoms with E-state index in [0.29, 0.717) is 11.8 Å². The zero-order valence-corrected chi connectivity index (χ0v) is 15.1. The number of benzene rings is 1. The summed E-state index contributed by atoms with van der Waals surface area (Å²) in [6.45, 7) is 3.37. The lowest BCUT2D eigenvalue weighted by Crippen LogP contribution is -2.21. The molecule has 0 saturated carbocycles. The van der Waals surface area contributed by atoms with E-state index in [1.54, 1.807) is 0 Å². The molecule has 3 aliphatic rings. The molecule has 1 aliphatic carbocycles. The van der Waals surface area contributed by atoms with Crippen molar-refractivity contribution in [3.05, 3.63) is 71.7 Å². The molecule has 0 amide bonds. The lowest BCUT2D eigenvalue weighted by Gasteiger charge is -2.22. The smallest absolute Gasteiger partial charge is 0.111 e. The number of amidine groups is 1. The van der Waals surface area contributed by atoms with Crippen molar-refractivity contribution < 1.29 is 0 Å². The summed E-state index contributed by atoms with van der Waals surface area (Å²) in [5.74, 6) is 2.10. The summed E-state index contributed by atoms with van der Waals surface area (Å²) < 4.78 is 0. The van der Waals surface area contributed by atoms with Gasteiger partial charge in [0.15, 0.2) is 0 Å². The van der Waals surface area contributed by atoms with Crippen LogP contribution in [-0.2, 0) is 0 Å². The lowest BCUT2D eigenvalue weighted by molar-refractivity contribution is 0.598. The van der Waals surface area contributed by atoms with Crippen molar-refractivity contribution in [3.8, 4) is 0 Å². The molecule has 1 aromatic carbocycles. The highest BCUT2D eigenvalue weighted by atomic mass is 35.5. The Morgan fingerprint density at radius 3 is 3.00 bits per heavy atom. The number of rotatable bonds is 1. The second-order valence-electron chi connectivity index (χ2n) is 6.99. The van der Waals surface area contributed by atoms with Crippen molar-refractivity contribution in [1.29, 1.82) is 0 Å². The Hall–Kier alpha value is -2.26. The summed E-state index contributed by atoms with van der Waals surface area (Å²) in [6.07, 6.45) is 13.3. The van der Waals surface area contributed by atoms with Crippen LogP contribution in [0.5, 0.6) is 0 Å². The highest BCUT2D eigenvalue weighted by molar-refractivity contribution is 5.89. The molecular formula is C21H22ClN3. The van der Waals surface area contributed by atoms with Crippen LogP contribution in [-0.4, -0.2) is 22.3 Å². The van der Waals surface area contributed by atoms with Gasteiger partial charge < -0.3 is 9.88 Å². The highest BCUT2D eigenvalue weighted by Crippen LogP contribution is 2.40. The molecule has 1 saturated heterocycles. The van der Waals surface area contributed by atoms with Gasteiger partial charge in [0.05, 0.1) is 5.70 Å². The van der Waals surface area contributed by atoms with Crippen LogP contribution < -0.4 is 0 Å². The third kappa shape index (κ3) is 2.54. The van der Waals surface area contributed by atoms with E-state index >= 15 is 0 Å². The zero-order valence-electron chi connectivity index (χ0n) is 14.3. The van der Waals surface area contributed by atoms with Crippen molar-refractivity contribution in [2.45, 2.75) is 25.7 Å². The number of hydrogen-bond donors (Lipinski definition) is 1. The van der Waals surface area contributed by atoms with E-state index in [9.17, 15) is 0 Å². The molecular weight excluding hydrogens is 330 g/mol. The number of H-pyrrole nitrogens is 1. The monoisotopic (exact) mass is 351 g/mol. The molecule has 3 heterocycles. The minimum Gasteiger partial charge on any atom is -0.361 e. The Morgan fingerprint density at radius 1 is 1.20 bits per heavy atom. The van der Waals surface area contributed by atoms with Gasteiger partial charge in [0, 0.05) is 41.7 Å². The number of nitrogens with zero attached hydrogens (tertiary/aromatic N) is 2. The van der Waals surface area contributed by atoms with Crippen LogP contribution in [0.1, 0.15) is 31.2 Å². The molecule has 2 aromatic rings. The first-order valence-corrected chi connectivity index (χ1v) is 8.81. The average Bonchev–Trinajstić information content (AvgIpc) is 3.12. The molecule has 128 valence electrons. The summed E-state index contributed by atoms with van der Waals surface area (Å²) in [5.41, 5.74) is 5.05. The van der Waals surface area contributed by atoms with Gasteiger partial charge in [-0.2, -0.15) is 0 Å². The maximum atomic E-state index is 5.18. The van der Waals surface area contributed by atoms with Crippen LogP contribution in [0.15, 0.2) is 71.2 Å². The summed E-state index contributed by atoms with van der Waals surface area (Å²) in [6, 6.07) is 8.56. The summed E-state index contributed by atoms with van der Waals surface area (Å²) in [7, 11) is 0. The first-order chi connectivity index (χ1) is 11.8. The maximum Gasteiger partial charge on any atom is 0.111 e. The normalized spacial score (nSPS) is 24.7. The van der Waals surface area contributed by atoms with Gasteiger partial charge in [-0.15, -0.1) is 12.4 Å². The molecule has 2 unspecified atom stereocenters. The first-order valence-electron chi connectivity index (χ1n) is 8.81. The van der Waals surface area contributed by atoms with Gasteiger partial charge in [0.25, 0.3) is 0 Å². The molecule has 5 rings (SSSR count). The molecule has 0 spiro atoms. The molecule has 0 radical (unpaired) electrons. The van der Waals surface area contributed by atoms with E-state index in [-0.39, 0.29) is 12.4 Å². The standard InChI is InChI=1S/C21H21N3.ClH/c1-14-9-11-24-12-10-15-5-4-7-17(20(15)23-21(14)24)18-13-22-19-8-3-2-6-16(18)19;/h2-6,8,10,12-14,17,22H,7,9,11H2,1H3;1H. The molecule has 1 aromatic heterocycles. The lowest BCUT2D eigenvalue weighted by atomic mass is 9.86. The minimum atomic E-state index is 0. The SMILES string of the molecule is CC1CCN2C=CC3=C(N=C12)C(c1c[nH]c2ccccc12)CC=C3.Cl. The van der Waals surface area contributed by atoms with Crippen LogP contribution in [0.3, 0.4) is 0 Å². The maximum absolute atomic E-state index is 5.18. The highest BCUT2D eigenvalue weighted by Gasteiger charge is 2.30. The Balaban J connectivity index is 0.00000157. The third-order valence-corrected chi connectivity index (χ3v) is 5.50. The van der Waals surface area contributed by atoms with E-state index in [0.717, 1.165) is 13.0 Å². The number of halogens is 1. The minimum absolute atomic E-state index is 0. The molecule has 2 aliphatic heterocycles. The van der Waals surface area contributed by atoms with Gasteiger partial charge in [-0.25, -0.2) is 4.99 Å². The average molecular weight is 352 g/mol. The summed E-state index contributed by atoms with van der Waals surface area (Å²) in [5, 5.41) is 1.31. The number of nitrogens with one attached hydrogen (secondary N) is 1. The topological polar surface area (TPSA) is 31.4 Å². The van der Waals surface area contributed by atoms with E-state index in [1.165, 1.54) is 40.0 Å². The molecule has 3 nitrogen and oxygen atoms in total. The number of hydrogen-bond acceptors (Lipinski definition) is 2. The Morgan fingerprint density at radius 2 is 2.08 bits per heavy atom. The van der Waals surface area contributed by atoms with E-state index < -0.39 is 0 Å². The molecule has 0 bridgehead atoms. The van der Waals surface area contributed by atoms with Gasteiger partial charge >= 0.3 is 0 Å². The molecule has 2 atom stereocenters. The Labute approximate surface area is 154 Å². The zero-order chi connectivity index (χ0) is 16.1. The second-order valence-corrected chi connectivity index (χ2v) is 6.99. The quantitative estimate of drug-likeness (QED) is 0.756. The third-order valence-electron chi connectivity index (χ3n) is 5.50. The van der Waals surface area contributed by atoms with Gasteiger partial charge in [-0.05, 0) is 36.1 Å². The van der Waals surface area contributed by atoms with Crippen molar-refractivity contribution in [3.63, 3.8) is 0 Å². The Bertz CT molecular complexity index is 932. The number of aromatic amines is 1. The molecule has 1 fully saturated rings. The first kappa shape index (κ1) is 16.2. The van der Waals surface area contributed by atoms with Crippen molar-refractivity contribution in [2.75, 3.05) is 6.54 Å². The van der Waals surface area contributed by atoms with Crippen molar-refractivity contribution >= 4 is 29.1 Å². The van der Waals surface area contributed by atoms with Crippen LogP contribution in [0.2, 0.25) is 0 Å². The fourth-order valence-corrected chi connectivity index (χ4v) is 4.15. The van der Waals surface area contributed by atoms with Gasteiger partial charge in [0.2, 0.25) is 0 Å². The van der Waals surface area contributed by atoms with Crippen LogP contribution >= 0.6 is 12.4 Å². The van der Waals surface area contributed by atoms with Crippen LogP contribution in [0.4, 0.5) is 0 Å². The van der Waals surface area contributed by atoms with E-state index in [2.05, 4.69) is 71.7 Å². The van der Waals surface area contributed by atoms with Gasteiger partial charge in [-0.1, -0.05) is 37.3 Å². The summed E-state index contributed by atoms with van der Waals surface area (Å²) in [4.78, 5) is 10.9. The number of para-hydroxylation sites is 1. The fourth-order valence-electron chi connectivity index (χ4n) is 4.15. The number of aliphatic imine (C=N–C) groups is 1. The van der Waals surface area contributed by atoms with Crippen LogP contribution in [0.25, 0.3) is 10.9 Å². The summed E-state index contributed by atoms with van der Waals surface area (Å²) >= 11 is 0. The van der Waals surface area contributed by atoms with Gasteiger partial charge in [-0.3, -0.25) is 0 Å². The molecule has 1 N–H and O–H groups in total. The number of aromatic nitrogens is 1. The number of allylic oxidation sites excluding steroid dienone is 5. The fraction of sp³-hybridized carbons (Fsp3) is 0.286. The largest absolute Gasteiger partial charge is 0.361 e. The Kier molecular flexibility index (Phi) is 4.04. The predicted octanol–water partition coefficient (Wildman–Crippen LogP) is 5.15. The van der Waals surface area contributed by atoms with E-state index in [4.69, 9.17) is 4.99 Å². The van der Waals surface area contributed by atoms with Crippen molar-refractivity contribution in [1.82, 2.24) is 9.88 Å². The van der Waals surface area contributed by atoms with E-state index in [1.807, 2.05) is 0 Å².